The number of para-hydroxylation sites is 1. The van der Waals surface area contributed by atoms with Gasteiger partial charge in [0.25, 0.3) is 0 Å². The van der Waals surface area contributed by atoms with Crippen LogP contribution in [0.3, 0.4) is 0 Å². The van der Waals surface area contributed by atoms with Crippen molar-refractivity contribution in [1.29, 1.82) is 0 Å². The van der Waals surface area contributed by atoms with Gasteiger partial charge in [0.2, 0.25) is 0 Å². The molecule has 0 saturated heterocycles. The van der Waals surface area contributed by atoms with Crippen LogP contribution in [0.1, 0.15) is 18.9 Å². The predicted molar refractivity (Wildman–Crippen MR) is 128 cm³/mol. The third kappa shape index (κ3) is 2.53. The first-order valence-electron chi connectivity index (χ1n) is 10.3. The Labute approximate surface area is 173 Å². The molecule has 0 aliphatic rings. The lowest BCUT2D eigenvalue weighted by Crippen LogP contribution is -1.93. The lowest BCUT2D eigenvalue weighted by Gasteiger charge is -2.09. The molecular formula is C27H21NS. The monoisotopic (exact) mass is 391 g/mol. The maximum Gasteiger partial charge on any atom is 0.0541 e. The van der Waals surface area contributed by atoms with Gasteiger partial charge >= 0.3 is 0 Å². The highest BCUT2D eigenvalue weighted by Crippen LogP contribution is 2.37. The fourth-order valence-corrected chi connectivity index (χ4v) is 5.68. The summed E-state index contributed by atoms with van der Waals surface area (Å²) in [5, 5.41) is 5.37. The molecule has 0 aliphatic carbocycles. The minimum absolute atomic E-state index is 1.13. The molecule has 29 heavy (non-hydrogen) atoms. The molecule has 1 nitrogen and oxygen atoms in total. The molecule has 0 N–H and O–H groups in total. The summed E-state index contributed by atoms with van der Waals surface area (Å²) in [6, 6.07) is 31.4. The Kier molecular flexibility index (Phi) is 3.75. The standard InChI is InChI=1S/C27H21NS/c1-2-7-18-12-14-25-22(16-18)20-8-3-5-10-24(20)28(25)19-13-15-27-23(17-19)21-9-4-6-11-26(21)29-27/h3-6,8-17H,2,7H2,1H3. The number of thiophene rings is 1. The van der Waals surface area contributed by atoms with Crippen LogP contribution in [0.25, 0.3) is 47.7 Å². The van der Waals surface area contributed by atoms with Crippen LogP contribution >= 0.6 is 11.3 Å². The maximum absolute atomic E-state index is 2.42. The molecule has 0 spiro atoms. The largest absolute Gasteiger partial charge is 0.309 e. The molecule has 2 heterocycles. The van der Waals surface area contributed by atoms with Gasteiger partial charge in [0, 0.05) is 36.6 Å². The van der Waals surface area contributed by atoms with Crippen molar-refractivity contribution in [2.75, 3.05) is 0 Å². The van der Waals surface area contributed by atoms with Gasteiger partial charge < -0.3 is 4.57 Å². The molecule has 0 fully saturated rings. The van der Waals surface area contributed by atoms with E-state index in [1.54, 1.807) is 0 Å². The maximum atomic E-state index is 2.42. The van der Waals surface area contributed by atoms with Crippen LogP contribution in [-0.4, -0.2) is 4.57 Å². The smallest absolute Gasteiger partial charge is 0.0541 e. The topological polar surface area (TPSA) is 4.93 Å². The molecule has 0 atom stereocenters. The van der Waals surface area contributed by atoms with Gasteiger partial charge in [-0.1, -0.05) is 55.8 Å². The number of aryl methyl sites for hydroxylation is 1. The zero-order valence-electron chi connectivity index (χ0n) is 16.4. The van der Waals surface area contributed by atoms with Crippen molar-refractivity contribution >= 4 is 53.3 Å². The van der Waals surface area contributed by atoms with Gasteiger partial charge in [0.15, 0.2) is 0 Å². The molecule has 0 amide bonds. The van der Waals surface area contributed by atoms with Crippen molar-refractivity contribution in [2.45, 2.75) is 19.8 Å². The highest BCUT2D eigenvalue weighted by atomic mass is 32.1. The van der Waals surface area contributed by atoms with Crippen molar-refractivity contribution in [1.82, 2.24) is 4.57 Å². The highest BCUT2D eigenvalue weighted by molar-refractivity contribution is 7.25. The summed E-state index contributed by atoms with van der Waals surface area (Å²) < 4.78 is 5.12. The van der Waals surface area contributed by atoms with Crippen LogP contribution in [0.2, 0.25) is 0 Å². The van der Waals surface area contributed by atoms with E-state index in [-0.39, 0.29) is 0 Å². The Balaban J connectivity index is 1.68. The molecule has 2 heteroatoms. The molecule has 0 bridgehead atoms. The molecule has 0 unspecified atom stereocenters. The van der Waals surface area contributed by atoms with Crippen molar-refractivity contribution in [3.8, 4) is 5.69 Å². The second-order valence-electron chi connectivity index (χ2n) is 7.73. The van der Waals surface area contributed by atoms with E-state index in [0.29, 0.717) is 0 Å². The summed E-state index contributed by atoms with van der Waals surface area (Å²) in [7, 11) is 0. The molecule has 0 saturated carbocycles. The molecule has 2 aromatic heterocycles. The Morgan fingerprint density at radius 2 is 1.41 bits per heavy atom. The van der Waals surface area contributed by atoms with E-state index in [2.05, 4.69) is 96.4 Å². The van der Waals surface area contributed by atoms with E-state index in [9.17, 15) is 0 Å². The first-order valence-corrected chi connectivity index (χ1v) is 11.1. The van der Waals surface area contributed by atoms with E-state index in [0.717, 1.165) is 6.42 Å². The van der Waals surface area contributed by atoms with Crippen LogP contribution in [0.5, 0.6) is 0 Å². The summed E-state index contributed by atoms with van der Waals surface area (Å²) >= 11 is 1.87. The van der Waals surface area contributed by atoms with Gasteiger partial charge in [-0.3, -0.25) is 0 Å². The van der Waals surface area contributed by atoms with E-state index < -0.39 is 0 Å². The molecule has 0 radical (unpaired) electrons. The van der Waals surface area contributed by atoms with Gasteiger partial charge in [-0.15, -0.1) is 11.3 Å². The van der Waals surface area contributed by atoms with Crippen LogP contribution in [0.15, 0.2) is 84.9 Å². The molecule has 140 valence electrons. The number of benzene rings is 4. The number of hydrogen-bond acceptors (Lipinski definition) is 1. The van der Waals surface area contributed by atoms with Gasteiger partial charge in [0.05, 0.1) is 11.0 Å². The summed E-state index contributed by atoms with van der Waals surface area (Å²) in [6.45, 7) is 2.24. The predicted octanol–water partition coefficient (Wildman–Crippen LogP) is 8.10. The highest BCUT2D eigenvalue weighted by Gasteiger charge is 2.14. The van der Waals surface area contributed by atoms with Crippen LogP contribution < -0.4 is 0 Å². The van der Waals surface area contributed by atoms with Crippen molar-refractivity contribution in [3.63, 3.8) is 0 Å². The van der Waals surface area contributed by atoms with Crippen LogP contribution in [0, 0.1) is 0 Å². The average molecular weight is 392 g/mol. The lowest BCUT2D eigenvalue weighted by atomic mass is 10.1. The summed E-state index contributed by atoms with van der Waals surface area (Å²) in [4.78, 5) is 0. The quantitative estimate of drug-likeness (QED) is 0.287. The van der Waals surface area contributed by atoms with Gasteiger partial charge in [0.1, 0.15) is 0 Å². The van der Waals surface area contributed by atoms with E-state index in [1.807, 2.05) is 11.3 Å². The molecule has 0 aliphatic heterocycles. The second-order valence-corrected chi connectivity index (χ2v) is 8.82. The second kappa shape index (κ2) is 6.47. The zero-order chi connectivity index (χ0) is 19.4. The normalized spacial score (nSPS) is 11.9. The summed E-state index contributed by atoms with van der Waals surface area (Å²) in [6.07, 6.45) is 2.30. The van der Waals surface area contributed by atoms with Crippen molar-refractivity contribution < 1.29 is 0 Å². The third-order valence-electron chi connectivity index (χ3n) is 5.89. The minimum Gasteiger partial charge on any atom is -0.309 e. The fraction of sp³-hybridized carbons (Fsp3) is 0.111. The fourth-order valence-electron chi connectivity index (χ4n) is 4.60. The molecule has 6 aromatic rings. The number of aromatic nitrogens is 1. The summed E-state index contributed by atoms with van der Waals surface area (Å²) in [5.41, 5.74) is 5.21. The first kappa shape index (κ1) is 16.8. The van der Waals surface area contributed by atoms with Crippen LogP contribution in [-0.2, 0) is 6.42 Å². The Bertz CT molecular complexity index is 1520. The van der Waals surface area contributed by atoms with Gasteiger partial charge in [-0.2, -0.15) is 0 Å². The third-order valence-corrected chi connectivity index (χ3v) is 7.05. The summed E-state index contributed by atoms with van der Waals surface area (Å²) in [5.74, 6) is 0. The number of fused-ring (bicyclic) bond motifs is 6. The first-order chi connectivity index (χ1) is 14.3. The molecule has 4 aromatic carbocycles. The Morgan fingerprint density at radius 3 is 2.31 bits per heavy atom. The zero-order valence-corrected chi connectivity index (χ0v) is 17.2. The van der Waals surface area contributed by atoms with E-state index >= 15 is 0 Å². The van der Waals surface area contributed by atoms with E-state index in [1.165, 1.54) is 59.6 Å². The van der Waals surface area contributed by atoms with Crippen molar-refractivity contribution in [3.05, 3.63) is 90.5 Å². The van der Waals surface area contributed by atoms with E-state index in [4.69, 9.17) is 0 Å². The molecular weight excluding hydrogens is 370 g/mol. The molecule has 6 rings (SSSR count). The lowest BCUT2D eigenvalue weighted by molar-refractivity contribution is 0.923. The minimum atomic E-state index is 1.13. The number of hydrogen-bond donors (Lipinski definition) is 0. The van der Waals surface area contributed by atoms with Crippen LogP contribution in [0.4, 0.5) is 0 Å². The average Bonchev–Trinajstić information content (AvgIpc) is 3.29. The number of rotatable bonds is 3. The van der Waals surface area contributed by atoms with Crippen molar-refractivity contribution in [2.24, 2.45) is 0 Å². The Hall–Kier alpha value is -3.10. The van der Waals surface area contributed by atoms with Gasteiger partial charge in [-0.05, 0) is 54.4 Å². The number of nitrogens with zero attached hydrogens (tertiary/aromatic N) is 1. The Morgan fingerprint density at radius 1 is 0.655 bits per heavy atom. The SMILES string of the molecule is CCCc1ccc2c(c1)c1ccccc1n2-c1ccc2sc3ccccc3c2c1. The van der Waals surface area contributed by atoms with Gasteiger partial charge in [-0.25, -0.2) is 0 Å².